The Morgan fingerprint density at radius 2 is 2.14 bits per heavy atom. The van der Waals surface area contributed by atoms with Crippen LogP contribution in [0.2, 0.25) is 0 Å². The van der Waals surface area contributed by atoms with Gasteiger partial charge in [0.05, 0.1) is 0 Å². The van der Waals surface area contributed by atoms with Gasteiger partial charge in [0, 0.05) is 12.6 Å². The average Bonchev–Trinajstić information content (AvgIpc) is 2.18. The van der Waals surface area contributed by atoms with Crippen LogP contribution < -0.4 is 10.6 Å². The highest BCUT2D eigenvalue weighted by molar-refractivity contribution is 6.04. The number of rotatable bonds is 3. The summed E-state index contributed by atoms with van der Waals surface area (Å²) in [6.07, 6.45) is 2.85. The summed E-state index contributed by atoms with van der Waals surface area (Å²) < 4.78 is 0. The largest absolute Gasteiger partial charge is 0.353 e. The summed E-state index contributed by atoms with van der Waals surface area (Å²) in [7, 11) is 5.61. The van der Waals surface area contributed by atoms with Crippen molar-refractivity contribution in [2.75, 3.05) is 19.6 Å². The maximum Gasteiger partial charge on any atom is 0.315 e. The summed E-state index contributed by atoms with van der Waals surface area (Å²) in [4.78, 5) is 13.1. The van der Waals surface area contributed by atoms with Crippen molar-refractivity contribution in [1.29, 1.82) is 0 Å². The molecule has 1 aliphatic rings. The van der Waals surface area contributed by atoms with Gasteiger partial charge in [-0.15, -0.1) is 0 Å². The maximum absolute atomic E-state index is 11.3. The van der Waals surface area contributed by atoms with Crippen molar-refractivity contribution in [3.63, 3.8) is 0 Å². The molecule has 0 saturated carbocycles. The van der Waals surface area contributed by atoms with E-state index < -0.39 is 0 Å². The quantitative estimate of drug-likeness (QED) is 0.633. The molecule has 0 unspecified atom stereocenters. The molecule has 4 nitrogen and oxygen atoms in total. The van der Waals surface area contributed by atoms with E-state index >= 15 is 0 Å². The first-order valence-corrected chi connectivity index (χ1v) is 5.26. The van der Waals surface area contributed by atoms with Crippen LogP contribution >= 0.6 is 0 Å². The van der Waals surface area contributed by atoms with Crippen molar-refractivity contribution in [3.8, 4) is 0 Å². The molecule has 2 N–H and O–H groups in total. The van der Waals surface area contributed by atoms with E-state index in [-0.39, 0.29) is 12.1 Å². The third kappa shape index (κ3) is 4.00. The van der Waals surface area contributed by atoms with Crippen LogP contribution in [0.25, 0.3) is 0 Å². The standard InChI is InChI=1S/C9H18BN3O/c1-2-5-11-9(14)12-8-3-6-13(10)7-4-8/h8H,2-7H2,1H3,(H2,11,12,14). The second kappa shape index (κ2) is 5.91. The Labute approximate surface area is 86.8 Å². The molecule has 1 aliphatic heterocycles. The number of hydrogen-bond acceptors (Lipinski definition) is 2. The number of carbonyl (C=O) groups is 1. The minimum absolute atomic E-state index is 0.0534. The van der Waals surface area contributed by atoms with E-state index in [0.717, 1.165) is 38.9 Å². The summed E-state index contributed by atoms with van der Waals surface area (Å²) in [5.41, 5.74) is 0. The second-order valence-corrected chi connectivity index (χ2v) is 3.71. The molecule has 1 heterocycles. The normalized spacial score (nSPS) is 19.2. The number of nitrogens with one attached hydrogen (secondary N) is 2. The van der Waals surface area contributed by atoms with Gasteiger partial charge in [0.25, 0.3) is 0 Å². The zero-order valence-electron chi connectivity index (χ0n) is 8.75. The van der Waals surface area contributed by atoms with Gasteiger partial charge in [0.15, 0.2) is 7.98 Å². The molecule has 0 bridgehead atoms. The highest BCUT2D eigenvalue weighted by Crippen LogP contribution is 2.07. The lowest BCUT2D eigenvalue weighted by Crippen LogP contribution is -2.47. The Morgan fingerprint density at radius 1 is 1.50 bits per heavy atom. The Hall–Kier alpha value is -0.705. The molecular formula is C9H18BN3O. The number of hydrogen-bond donors (Lipinski definition) is 2. The van der Waals surface area contributed by atoms with Gasteiger partial charge in [-0.2, -0.15) is 0 Å². The lowest BCUT2D eigenvalue weighted by Gasteiger charge is -2.29. The number of amides is 2. The Balaban J connectivity index is 2.14. The fourth-order valence-corrected chi connectivity index (χ4v) is 1.52. The van der Waals surface area contributed by atoms with Crippen molar-refractivity contribution in [2.24, 2.45) is 0 Å². The van der Waals surface area contributed by atoms with Crippen molar-refractivity contribution in [1.82, 2.24) is 15.4 Å². The van der Waals surface area contributed by atoms with Gasteiger partial charge in [-0.1, -0.05) is 6.92 Å². The average molecular weight is 195 g/mol. The summed E-state index contributed by atoms with van der Waals surface area (Å²) in [6.45, 7) is 4.49. The summed E-state index contributed by atoms with van der Waals surface area (Å²) in [6, 6.07) is 0.231. The first-order valence-electron chi connectivity index (χ1n) is 5.26. The first-order chi connectivity index (χ1) is 6.72. The van der Waals surface area contributed by atoms with Gasteiger partial charge < -0.3 is 15.4 Å². The Kier molecular flexibility index (Phi) is 4.80. The van der Waals surface area contributed by atoms with Crippen LogP contribution in [-0.4, -0.2) is 44.5 Å². The molecule has 2 radical (unpaired) electrons. The molecule has 5 heteroatoms. The first kappa shape index (κ1) is 11.4. The zero-order valence-corrected chi connectivity index (χ0v) is 8.75. The highest BCUT2D eigenvalue weighted by Gasteiger charge is 2.17. The molecule has 1 fully saturated rings. The van der Waals surface area contributed by atoms with E-state index in [1.807, 2.05) is 6.92 Å². The summed E-state index contributed by atoms with van der Waals surface area (Å²) in [5.74, 6) is 0. The van der Waals surface area contributed by atoms with E-state index in [1.165, 1.54) is 0 Å². The monoisotopic (exact) mass is 195 g/mol. The van der Waals surface area contributed by atoms with Crippen LogP contribution in [-0.2, 0) is 0 Å². The van der Waals surface area contributed by atoms with Crippen LogP contribution in [0.4, 0.5) is 4.79 Å². The fraction of sp³-hybridized carbons (Fsp3) is 0.889. The van der Waals surface area contributed by atoms with E-state index in [2.05, 4.69) is 10.6 Å². The molecule has 1 rings (SSSR count). The predicted octanol–water partition coefficient (Wildman–Crippen LogP) is 0.243. The number of nitrogens with zero attached hydrogens (tertiary/aromatic N) is 1. The molecule has 0 atom stereocenters. The number of urea groups is 1. The van der Waals surface area contributed by atoms with E-state index in [4.69, 9.17) is 7.98 Å². The molecule has 14 heavy (non-hydrogen) atoms. The third-order valence-electron chi connectivity index (χ3n) is 2.40. The van der Waals surface area contributed by atoms with E-state index in [0.29, 0.717) is 0 Å². The van der Waals surface area contributed by atoms with Crippen LogP contribution in [0.5, 0.6) is 0 Å². The molecule has 0 aromatic carbocycles. The summed E-state index contributed by atoms with van der Waals surface area (Å²) >= 11 is 0. The van der Waals surface area contributed by atoms with Crippen molar-refractivity contribution in [3.05, 3.63) is 0 Å². The van der Waals surface area contributed by atoms with Crippen LogP contribution in [0.1, 0.15) is 26.2 Å². The fourth-order valence-electron chi connectivity index (χ4n) is 1.52. The number of carbonyl (C=O) groups excluding carboxylic acids is 1. The van der Waals surface area contributed by atoms with Crippen molar-refractivity contribution < 1.29 is 4.79 Å². The lowest BCUT2D eigenvalue weighted by molar-refractivity contribution is 0.228. The Bertz CT molecular complexity index is 181. The van der Waals surface area contributed by atoms with Gasteiger partial charge in [0.2, 0.25) is 0 Å². The summed E-state index contributed by atoms with van der Waals surface area (Å²) in [5, 5.41) is 5.74. The maximum atomic E-state index is 11.3. The highest BCUT2D eigenvalue weighted by atomic mass is 16.2. The van der Waals surface area contributed by atoms with Crippen LogP contribution in [0.15, 0.2) is 0 Å². The molecule has 0 aromatic rings. The van der Waals surface area contributed by atoms with Gasteiger partial charge in [0.1, 0.15) is 0 Å². The van der Waals surface area contributed by atoms with Crippen LogP contribution in [0.3, 0.4) is 0 Å². The third-order valence-corrected chi connectivity index (χ3v) is 2.40. The van der Waals surface area contributed by atoms with Crippen molar-refractivity contribution in [2.45, 2.75) is 32.2 Å². The van der Waals surface area contributed by atoms with Gasteiger partial charge >= 0.3 is 6.03 Å². The van der Waals surface area contributed by atoms with E-state index in [9.17, 15) is 4.79 Å². The Morgan fingerprint density at radius 3 is 2.71 bits per heavy atom. The lowest BCUT2D eigenvalue weighted by atomic mass is 10.0. The number of piperidine rings is 1. The van der Waals surface area contributed by atoms with Gasteiger partial charge in [-0.3, -0.25) is 0 Å². The molecule has 0 spiro atoms. The zero-order chi connectivity index (χ0) is 10.4. The van der Waals surface area contributed by atoms with Crippen molar-refractivity contribution >= 4 is 14.0 Å². The predicted molar refractivity (Wildman–Crippen MR) is 57.2 cm³/mol. The molecule has 78 valence electrons. The topological polar surface area (TPSA) is 44.4 Å². The van der Waals surface area contributed by atoms with E-state index in [1.54, 1.807) is 4.81 Å². The second-order valence-electron chi connectivity index (χ2n) is 3.71. The molecule has 0 aromatic heterocycles. The van der Waals surface area contributed by atoms with Crippen LogP contribution in [0, 0.1) is 0 Å². The molecule has 0 aliphatic carbocycles. The minimum Gasteiger partial charge on any atom is -0.353 e. The molecule has 2 amide bonds. The molecular weight excluding hydrogens is 177 g/mol. The smallest absolute Gasteiger partial charge is 0.315 e. The van der Waals surface area contributed by atoms with Gasteiger partial charge in [-0.25, -0.2) is 4.79 Å². The minimum atomic E-state index is -0.0534. The molecule has 1 saturated heterocycles. The SMILES string of the molecule is [B]N1CCC(NC(=O)NCCC)CC1. The van der Waals surface area contributed by atoms with Gasteiger partial charge in [-0.05, 0) is 32.4 Å².